The summed E-state index contributed by atoms with van der Waals surface area (Å²) in [5, 5.41) is 0. The second kappa shape index (κ2) is 22.8. The Hall–Kier alpha value is -0.530. The number of hydrogen-bond acceptors (Lipinski definition) is 1. The highest BCUT2D eigenvalue weighted by molar-refractivity contribution is 5.76. The molecule has 168 valence electrons. The van der Waals surface area contributed by atoms with E-state index < -0.39 is 0 Å². The van der Waals surface area contributed by atoms with Crippen LogP contribution in [0.2, 0.25) is 0 Å². The van der Waals surface area contributed by atoms with Crippen molar-refractivity contribution in [3.05, 3.63) is 0 Å². The molecular weight excluding hydrogens is 342 g/mol. The molecule has 0 aliphatic heterocycles. The van der Waals surface area contributed by atoms with Gasteiger partial charge < -0.3 is 5.73 Å². The molecule has 2 nitrogen and oxygen atoms in total. The first-order valence-electron chi connectivity index (χ1n) is 13.0. The van der Waals surface area contributed by atoms with Crippen molar-refractivity contribution in [3.8, 4) is 0 Å². The first kappa shape index (κ1) is 27.5. The molecule has 0 fully saturated rings. The van der Waals surface area contributed by atoms with Crippen molar-refractivity contribution < 1.29 is 4.79 Å². The summed E-state index contributed by atoms with van der Waals surface area (Å²) in [4.78, 5) is 11.6. The molecule has 0 aromatic carbocycles. The van der Waals surface area contributed by atoms with Crippen LogP contribution >= 0.6 is 0 Å². The quantitative estimate of drug-likeness (QED) is 0.173. The number of carbonyl (C=O) groups is 1. The monoisotopic (exact) mass is 395 g/mol. The highest BCUT2D eigenvalue weighted by Gasteiger charge is 2.14. The van der Waals surface area contributed by atoms with Crippen LogP contribution < -0.4 is 5.73 Å². The normalized spacial score (nSPS) is 12.4. The van der Waals surface area contributed by atoms with E-state index in [0.29, 0.717) is 0 Å². The van der Waals surface area contributed by atoms with Crippen LogP contribution in [0.1, 0.15) is 155 Å². The zero-order chi connectivity index (χ0) is 20.7. The number of hydrogen-bond donors (Lipinski definition) is 1. The third kappa shape index (κ3) is 20.2. The SMILES string of the molecule is CCCCCCCCCCCCCCCCCCC(CCCCCC)C(N)=O. The minimum absolute atomic E-state index is 0.0718. The average molecular weight is 396 g/mol. The Balaban J connectivity index is 3.30. The van der Waals surface area contributed by atoms with Gasteiger partial charge in [0.25, 0.3) is 0 Å². The van der Waals surface area contributed by atoms with Gasteiger partial charge in [0.1, 0.15) is 0 Å². The zero-order valence-corrected chi connectivity index (χ0v) is 19.6. The van der Waals surface area contributed by atoms with Crippen LogP contribution in [0.5, 0.6) is 0 Å². The number of amides is 1. The lowest BCUT2D eigenvalue weighted by Gasteiger charge is -2.13. The number of unbranched alkanes of at least 4 members (excludes halogenated alkanes) is 18. The highest BCUT2D eigenvalue weighted by Crippen LogP contribution is 2.19. The lowest BCUT2D eigenvalue weighted by atomic mass is 9.94. The van der Waals surface area contributed by atoms with Crippen LogP contribution in [0.15, 0.2) is 0 Å². The molecule has 2 N–H and O–H groups in total. The number of primary amides is 1. The largest absolute Gasteiger partial charge is 0.369 e. The van der Waals surface area contributed by atoms with Gasteiger partial charge in [-0.15, -0.1) is 0 Å². The van der Waals surface area contributed by atoms with Crippen LogP contribution in [0.3, 0.4) is 0 Å². The van der Waals surface area contributed by atoms with E-state index in [9.17, 15) is 4.79 Å². The molecule has 1 unspecified atom stereocenters. The van der Waals surface area contributed by atoms with Gasteiger partial charge in [0, 0.05) is 5.92 Å². The van der Waals surface area contributed by atoms with Crippen molar-refractivity contribution in [1.82, 2.24) is 0 Å². The van der Waals surface area contributed by atoms with Crippen LogP contribution in [0.4, 0.5) is 0 Å². The van der Waals surface area contributed by atoms with Crippen LogP contribution in [-0.4, -0.2) is 5.91 Å². The van der Waals surface area contributed by atoms with E-state index in [4.69, 9.17) is 5.73 Å². The molecule has 0 bridgehead atoms. The summed E-state index contributed by atoms with van der Waals surface area (Å²) in [5.41, 5.74) is 5.58. The van der Waals surface area contributed by atoms with Gasteiger partial charge in [-0.2, -0.15) is 0 Å². The van der Waals surface area contributed by atoms with Gasteiger partial charge in [-0.1, -0.05) is 142 Å². The van der Waals surface area contributed by atoms with Crippen molar-refractivity contribution in [2.75, 3.05) is 0 Å². The number of rotatable bonds is 23. The predicted octanol–water partition coefficient (Wildman–Crippen LogP) is 8.71. The van der Waals surface area contributed by atoms with Crippen LogP contribution in [0, 0.1) is 5.92 Å². The predicted molar refractivity (Wildman–Crippen MR) is 126 cm³/mol. The third-order valence-electron chi connectivity index (χ3n) is 6.21. The summed E-state index contributed by atoms with van der Waals surface area (Å²) in [6, 6.07) is 0. The van der Waals surface area contributed by atoms with Gasteiger partial charge >= 0.3 is 0 Å². The fourth-order valence-corrected chi connectivity index (χ4v) is 4.19. The third-order valence-corrected chi connectivity index (χ3v) is 6.21. The Morgan fingerprint density at radius 1 is 0.500 bits per heavy atom. The summed E-state index contributed by atoms with van der Waals surface area (Å²) in [7, 11) is 0. The molecule has 0 aliphatic rings. The smallest absolute Gasteiger partial charge is 0.220 e. The zero-order valence-electron chi connectivity index (χ0n) is 19.6. The van der Waals surface area contributed by atoms with E-state index >= 15 is 0 Å². The van der Waals surface area contributed by atoms with Crippen LogP contribution in [-0.2, 0) is 4.79 Å². The fraction of sp³-hybridized carbons (Fsp3) is 0.962. The minimum Gasteiger partial charge on any atom is -0.369 e. The molecule has 2 heteroatoms. The maximum atomic E-state index is 11.6. The highest BCUT2D eigenvalue weighted by atomic mass is 16.1. The maximum absolute atomic E-state index is 11.6. The molecule has 0 aromatic rings. The lowest BCUT2D eigenvalue weighted by molar-refractivity contribution is -0.122. The second-order valence-electron chi connectivity index (χ2n) is 9.04. The van der Waals surface area contributed by atoms with Gasteiger partial charge in [-0.3, -0.25) is 4.79 Å². The van der Waals surface area contributed by atoms with E-state index in [-0.39, 0.29) is 11.8 Å². The number of nitrogens with two attached hydrogens (primary N) is 1. The van der Waals surface area contributed by atoms with Gasteiger partial charge in [0.15, 0.2) is 0 Å². The summed E-state index contributed by atoms with van der Waals surface area (Å²) in [5.74, 6) is 0.0564. The topological polar surface area (TPSA) is 43.1 Å². The van der Waals surface area contributed by atoms with E-state index in [0.717, 1.165) is 12.8 Å². The second-order valence-corrected chi connectivity index (χ2v) is 9.04. The minimum atomic E-state index is -0.0718. The summed E-state index contributed by atoms with van der Waals surface area (Å²) in [6.07, 6.45) is 29.3. The molecule has 28 heavy (non-hydrogen) atoms. The molecule has 0 aromatic heterocycles. The van der Waals surface area contributed by atoms with Crippen molar-refractivity contribution in [2.24, 2.45) is 11.7 Å². The Morgan fingerprint density at radius 2 is 0.750 bits per heavy atom. The van der Waals surface area contributed by atoms with Gasteiger partial charge in [0.2, 0.25) is 5.91 Å². The van der Waals surface area contributed by atoms with E-state index in [1.165, 1.54) is 128 Å². The molecule has 0 radical (unpaired) electrons. The first-order valence-corrected chi connectivity index (χ1v) is 13.0. The Labute approximate surface area is 177 Å². The Kier molecular flexibility index (Phi) is 22.3. The van der Waals surface area contributed by atoms with Gasteiger partial charge in [-0.05, 0) is 12.8 Å². The van der Waals surface area contributed by atoms with Crippen molar-refractivity contribution in [1.29, 1.82) is 0 Å². The maximum Gasteiger partial charge on any atom is 0.220 e. The summed E-state index contributed by atoms with van der Waals surface area (Å²) < 4.78 is 0. The molecule has 0 saturated carbocycles. The van der Waals surface area contributed by atoms with Crippen LogP contribution in [0.25, 0.3) is 0 Å². The summed E-state index contributed by atoms with van der Waals surface area (Å²) in [6.45, 7) is 4.51. The van der Waals surface area contributed by atoms with Crippen molar-refractivity contribution >= 4 is 5.91 Å². The molecule has 1 atom stereocenters. The Morgan fingerprint density at radius 3 is 1.04 bits per heavy atom. The standard InChI is InChI=1S/C26H53NO/c1-3-5-7-9-10-11-12-13-14-15-16-17-18-19-20-22-24-25(26(27)28)23-21-8-6-4-2/h25H,3-24H2,1-2H3,(H2,27,28). The lowest BCUT2D eigenvalue weighted by Crippen LogP contribution is -2.23. The first-order chi connectivity index (χ1) is 13.7. The molecule has 0 spiro atoms. The van der Waals surface area contributed by atoms with Gasteiger partial charge in [-0.25, -0.2) is 0 Å². The molecule has 0 saturated heterocycles. The summed E-state index contributed by atoms with van der Waals surface area (Å²) >= 11 is 0. The fourth-order valence-electron chi connectivity index (χ4n) is 4.19. The average Bonchev–Trinajstić information content (AvgIpc) is 2.69. The van der Waals surface area contributed by atoms with E-state index in [1.807, 2.05) is 0 Å². The van der Waals surface area contributed by atoms with E-state index in [1.54, 1.807) is 0 Å². The molecule has 0 aliphatic carbocycles. The Bertz CT molecular complexity index is 316. The van der Waals surface area contributed by atoms with Gasteiger partial charge in [0.05, 0.1) is 0 Å². The molecule has 0 heterocycles. The number of carbonyl (C=O) groups excluding carboxylic acids is 1. The molecule has 0 rings (SSSR count). The van der Waals surface area contributed by atoms with Crippen molar-refractivity contribution in [2.45, 2.75) is 155 Å². The van der Waals surface area contributed by atoms with E-state index in [2.05, 4.69) is 13.8 Å². The molecular formula is C26H53NO. The van der Waals surface area contributed by atoms with Crippen molar-refractivity contribution in [3.63, 3.8) is 0 Å². The molecule has 1 amide bonds.